The highest BCUT2D eigenvalue weighted by molar-refractivity contribution is 7.26. The van der Waals surface area contributed by atoms with Crippen molar-refractivity contribution in [2.45, 2.75) is 0 Å². The van der Waals surface area contributed by atoms with Gasteiger partial charge in [0.05, 0.1) is 0 Å². The largest absolute Gasteiger partial charge is 0.208 e. The lowest BCUT2D eigenvalue weighted by Gasteiger charge is -2.18. The first-order valence-corrected chi connectivity index (χ1v) is 23.1. The first-order valence-electron chi connectivity index (χ1n) is 21.5. The minimum atomic E-state index is 0.643. The lowest BCUT2D eigenvalue weighted by molar-refractivity contribution is 1.08. The second-order valence-electron chi connectivity index (χ2n) is 16.2. The number of benzene rings is 10. The van der Waals surface area contributed by atoms with Crippen molar-refractivity contribution in [3.63, 3.8) is 0 Å². The van der Waals surface area contributed by atoms with E-state index in [-0.39, 0.29) is 0 Å². The van der Waals surface area contributed by atoms with Gasteiger partial charge in [-0.1, -0.05) is 188 Å². The van der Waals surface area contributed by atoms with Crippen LogP contribution in [0.5, 0.6) is 0 Å². The van der Waals surface area contributed by atoms with Gasteiger partial charge in [0.25, 0.3) is 0 Å². The number of hydrogen-bond acceptors (Lipinski definition) is 5. The topological polar surface area (TPSA) is 38.7 Å². The Labute approximate surface area is 377 Å². The summed E-state index contributed by atoms with van der Waals surface area (Å²) in [5.74, 6) is 1.97. The summed E-state index contributed by atoms with van der Waals surface area (Å²) in [4.78, 5) is 16.1. The molecule has 0 N–H and O–H groups in total. The van der Waals surface area contributed by atoms with Crippen LogP contribution in [0.4, 0.5) is 0 Å². The standard InChI is InChI=1S/C59H35N3S2/c1-2-16-37(17-3-1)53-42-21-5-7-23-44(42)54(45-24-8-6-22-43(45)53)38-34-32-36(33-35-38)39-18-4-9-25-48(39)57-60-58(49-28-14-26-46-40-19-10-12-30-51(40)63-55(46)49)62-59(61-57)50-29-15-27-47-41-20-11-13-31-52(41)64-56(47)50/h1-35H. The lowest BCUT2D eigenvalue weighted by atomic mass is 9.85. The summed E-state index contributed by atoms with van der Waals surface area (Å²) in [5, 5.41) is 9.88. The van der Waals surface area contributed by atoms with Gasteiger partial charge < -0.3 is 0 Å². The normalized spacial score (nSPS) is 11.8. The van der Waals surface area contributed by atoms with Gasteiger partial charge in [0.1, 0.15) is 0 Å². The highest BCUT2D eigenvalue weighted by atomic mass is 32.1. The molecule has 298 valence electrons. The number of thiophene rings is 2. The van der Waals surface area contributed by atoms with Crippen molar-refractivity contribution < 1.29 is 0 Å². The van der Waals surface area contributed by atoms with Gasteiger partial charge in [-0.25, -0.2) is 15.0 Å². The monoisotopic (exact) mass is 849 g/mol. The quantitative estimate of drug-likeness (QED) is 0.156. The van der Waals surface area contributed by atoms with Crippen molar-refractivity contribution in [1.82, 2.24) is 15.0 Å². The lowest BCUT2D eigenvalue weighted by Crippen LogP contribution is -2.01. The van der Waals surface area contributed by atoms with Crippen LogP contribution in [-0.2, 0) is 0 Å². The molecule has 3 nitrogen and oxygen atoms in total. The second-order valence-corrected chi connectivity index (χ2v) is 18.3. The minimum absolute atomic E-state index is 0.643. The zero-order valence-electron chi connectivity index (χ0n) is 34.4. The van der Waals surface area contributed by atoms with Crippen LogP contribution >= 0.6 is 22.7 Å². The Balaban J connectivity index is 0.992. The van der Waals surface area contributed by atoms with Crippen molar-refractivity contribution in [3.8, 4) is 67.5 Å². The zero-order valence-corrected chi connectivity index (χ0v) is 36.0. The van der Waals surface area contributed by atoms with Crippen molar-refractivity contribution in [2.24, 2.45) is 0 Å². The van der Waals surface area contributed by atoms with E-state index in [1.54, 1.807) is 22.7 Å². The SMILES string of the molecule is c1ccc(-c2c3ccccc3c(-c3ccc(-c4ccccc4-c4nc(-c5cccc6c5sc5ccccc56)nc(-c5cccc6c5sc5ccccc56)n4)cc3)c3ccccc23)cc1. The maximum absolute atomic E-state index is 5.38. The van der Waals surface area contributed by atoms with Crippen molar-refractivity contribution in [1.29, 1.82) is 0 Å². The van der Waals surface area contributed by atoms with Gasteiger partial charge in [0.2, 0.25) is 0 Å². The molecule has 0 fully saturated rings. The summed E-state index contributed by atoms with van der Waals surface area (Å²) >= 11 is 3.59. The summed E-state index contributed by atoms with van der Waals surface area (Å²) in [6.07, 6.45) is 0. The molecule has 13 rings (SSSR count). The van der Waals surface area contributed by atoms with Gasteiger partial charge in [-0.3, -0.25) is 0 Å². The molecule has 0 aliphatic rings. The molecule has 3 heterocycles. The van der Waals surface area contributed by atoms with Gasteiger partial charge in [-0.2, -0.15) is 0 Å². The first-order chi connectivity index (χ1) is 31.7. The Kier molecular flexibility index (Phi) is 8.58. The van der Waals surface area contributed by atoms with E-state index in [1.165, 1.54) is 84.1 Å². The molecule has 13 aromatic rings. The maximum Gasteiger partial charge on any atom is 0.165 e. The number of rotatable bonds is 6. The van der Waals surface area contributed by atoms with E-state index >= 15 is 0 Å². The molecule has 0 atom stereocenters. The summed E-state index contributed by atoms with van der Waals surface area (Å²) in [7, 11) is 0. The van der Waals surface area contributed by atoms with E-state index in [1.807, 2.05) is 0 Å². The molecule has 0 spiro atoms. The molecule has 0 radical (unpaired) electrons. The summed E-state index contributed by atoms with van der Waals surface area (Å²) in [6.45, 7) is 0. The highest BCUT2D eigenvalue weighted by Crippen LogP contribution is 2.46. The molecular formula is C59H35N3S2. The van der Waals surface area contributed by atoms with Crippen molar-refractivity contribution >= 4 is 84.6 Å². The summed E-state index contributed by atoms with van der Waals surface area (Å²) in [5.41, 5.74) is 10.0. The van der Waals surface area contributed by atoms with Crippen molar-refractivity contribution in [3.05, 3.63) is 212 Å². The van der Waals surface area contributed by atoms with E-state index in [0.717, 1.165) is 27.8 Å². The summed E-state index contributed by atoms with van der Waals surface area (Å²) < 4.78 is 4.84. The van der Waals surface area contributed by atoms with Gasteiger partial charge in [0, 0.05) is 57.0 Å². The van der Waals surface area contributed by atoms with Crippen LogP contribution in [0.15, 0.2) is 212 Å². The average Bonchev–Trinajstić information content (AvgIpc) is 3.95. The van der Waals surface area contributed by atoms with E-state index in [2.05, 4.69) is 212 Å². The van der Waals surface area contributed by atoms with Gasteiger partial charge in [0.15, 0.2) is 17.5 Å². The first kappa shape index (κ1) is 36.8. The molecule has 3 aromatic heterocycles. The predicted molar refractivity (Wildman–Crippen MR) is 273 cm³/mol. The fourth-order valence-electron chi connectivity index (χ4n) is 9.69. The van der Waals surface area contributed by atoms with Crippen LogP contribution in [0.2, 0.25) is 0 Å². The third kappa shape index (κ3) is 5.90. The molecule has 10 aromatic carbocycles. The molecular weight excluding hydrogens is 815 g/mol. The predicted octanol–water partition coefficient (Wildman–Crippen LogP) is 16.9. The van der Waals surface area contributed by atoms with Gasteiger partial charge in [-0.15, -0.1) is 22.7 Å². The third-order valence-electron chi connectivity index (χ3n) is 12.6. The molecule has 0 saturated carbocycles. The fraction of sp³-hybridized carbons (Fsp3) is 0. The Morgan fingerprint density at radius 3 is 1.08 bits per heavy atom. The van der Waals surface area contributed by atoms with E-state index in [4.69, 9.17) is 15.0 Å². The van der Waals surface area contributed by atoms with E-state index < -0.39 is 0 Å². The maximum atomic E-state index is 5.38. The zero-order chi connectivity index (χ0) is 42.1. The van der Waals surface area contributed by atoms with Crippen molar-refractivity contribution in [2.75, 3.05) is 0 Å². The van der Waals surface area contributed by atoms with Crippen LogP contribution in [0, 0.1) is 0 Å². The number of fused-ring (bicyclic) bond motifs is 8. The smallest absolute Gasteiger partial charge is 0.165 e. The van der Waals surface area contributed by atoms with E-state index in [9.17, 15) is 0 Å². The highest BCUT2D eigenvalue weighted by Gasteiger charge is 2.21. The minimum Gasteiger partial charge on any atom is -0.208 e. The molecule has 0 aliphatic carbocycles. The van der Waals surface area contributed by atoms with Crippen LogP contribution in [0.25, 0.3) is 129 Å². The molecule has 0 aliphatic heterocycles. The Hall–Kier alpha value is -7.83. The Morgan fingerprint density at radius 2 is 0.578 bits per heavy atom. The van der Waals surface area contributed by atoms with Crippen LogP contribution in [0.1, 0.15) is 0 Å². The Morgan fingerprint density at radius 1 is 0.234 bits per heavy atom. The number of aromatic nitrogens is 3. The molecule has 0 unspecified atom stereocenters. The molecule has 5 heteroatoms. The summed E-state index contributed by atoms with van der Waals surface area (Å²) in [6, 6.07) is 76.2. The molecule has 64 heavy (non-hydrogen) atoms. The van der Waals surface area contributed by atoms with Gasteiger partial charge in [-0.05, 0) is 79.2 Å². The number of nitrogens with zero attached hydrogens (tertiary/aromatic N) is 3. The third-order valence-corrected chi connectivity index (χ3v) is 15.0. The molecule has 0 saturated heterocycles. The van der Waals surface area contributed by atoms with Crippen LogP contribution < -0.4 is 0 Å². The molecule has 0 bridgehead atoms. The van der Waals surface area contributed by atoms with Crippen LogP contribution in [0.3, 0.4) is 0 Å². The average molecular weight is 850 g/mol. The van der Waals surface area contributed by atoms with Gasteiger partial charge >= 0.3 is 0 Å². The number of hydrogen-bond donors (Lipinski definition) is 0. The fourth-order valence-corrected chi connectivity index (χ4v) is 12.1. The Bertz CT molecular complexity index is 3770. The molecule has 0 amide bonds. The second kappa shape index (κ2) is 14.9. The van der Waals surface area contributed by atoms with Crippen LogP contribution in [-0.4, -0.2) is 15.0 Å². The van der Waals surface area contributed by atoms with E-state index in [0.29, 0.717) is 17.5 Å².